The first-order valence-corrected chi connectivity index (χ1v) is 12.3. The highest BCUT2D eigenvalue weighted by Gasteiger charge is 2.26. The van der Waals surface area contributed by atoms with Crippen molar-refractivity contribution in [3.05, 3.63) is 66.3 Å². The quantitative estimate of drug-likeness (QED) is 0.526. The van der Waals surface area contributed by atoms with Gasteiger partial charge < -0.3 is 15.0 Å². The van der Waals surface area contributed by atoms with Crippen LogP contribution in [0.3, 0.4) is 0 Å². The molecule has 0 spiro atoms. The summed E-state index contributed by atoms with van der Waals surface area (Å²) < 4.78 is 56.7. The summed E-state index contributed by atoms with van der Waals surface area (Å²) in [6.07, 6.45) is 3.12. The Morgan fingerprint density at radius 2 is 1.88 bits per heavy atom. The fraction of sp³-hybridized carbons (Fsp3) is 0.273. The Labute approximate surface area is 194 Å². The van der Waals surface area contributed by atoms with Gasteiger partial charge in [-0.15, -0.1) is 0 Å². The lowest BCUT2D eigenvalue weighted by molar-refractivity contribution is 0.0581. The third kappa shape index (κ3) is 5.63. The monoisotopic (exact) mass is 489 g/mol. The Balaban J connectivity index is 1.36. The van der Waals surface area contributed by atoms with E-state index in [0.29, 0.717) is 25.9 Å². The summed E-state index contributed by atoms with van der Waals surface area (Å²) in [4.78, 5) is 25.7. The zero-order chi connectivity index (χ0) is 24.3. The minimum Gasteiger partial charge on any atom is -0.474 e. The Morgan fingerprint density at radius 1 is 1.12 bits per heavy atom. The van der Waals surface area contributed by atoms with Crippen molar-refractivity contribution in [1.29, 1.82) is 0 Å². The first-order chi connectivity index (χ1) is 16.2. The number of benzene rings is 1. The molecule has 0 bridgehead atoms. The first-order valence-electron chi connectivity index (χ1n) is 10.4. The second-order valence-electron chi connectivity index (χ2n) is 7.74. The van der Waals surface area contributed by atoms with E-state index in [2.05, 4.69) is 20.3 Å². The molecule has 1 fully saturated rings. The van der Waals surface area contributed by atoms with Crippen LogP contribution < -0.4 is 10.1 Å². The van der Waals surface area contributed by atoms with E-state index in [1.807, 2.05) is 0 Å². The molecule has 0 unspecified atom stereocenters. The Kier molecular flexibility index (Phi) is 6.68. The number of nitrogens with zero attached hydrogens (tertiary/aromatic N) is 4. The number of rotatable bonds is 6. The zero-order valence-electron chi connectivity index (χ0n) is 18.1. The van der Waals surface area contributed by atoms with Crippen molar-refractivity contribution in [3.8, 4) is 5.88 Å². The SMILES string of the molecule is CS(=O)(=O)c1ccc(Nc2cc(OC3CCN(C(=O)c4cccc(F)n4)CC3)ncn2)c(F)c1. The molecule has 2 aromatic heterocycles. The normalized spacial score (nSPS) is 14.6. The lowest BCUT2D eigenvalue weighted by atomic mass is 10.1. The number of ether oxygens (including phenoxy) is 1. The zero-order valence-corrected chi connectivity index (χ0v) is 18.9. The van der Waals surface area contributed by atoms with Gasteiger partial charge in [-0.1, -0.05) is 6.07 Å². The summed E-state index contributed by atoms with van der Waals surface area (Å²) in [5, 5.41) is 2.78. The molecule has 1 N–H and O–H groups in total. The molecule has 3 aromatic rings. The van der Waals surface area contributed by atoms with Crippen LogP contribution in [0.25, 0.3) is 0 Å². The topological polar surface area (TPSA) is 114 Å². The van der Waals surface area contributed by atoms with Crippen molar-refractivity contribution < 1.29 is 26.7 Å². The van der Waals surface area contributed by atoms with E-state index in [0.717, 1.165) is 12.3 Å². The number of hydrogen-bond acceptors (Lipinski definition) is 8. The Hall–Kier alpha value is -3.67. The molecule has 12 heteroatoms. The molecule has 1 amide bonds. The van der Waals surface area contributed by atoms with Crippen molar-refractivity contribution in [3.63, 3.8) is 0 Å². The lowest BCUT2D eigenvalue weighted by Gasteiger charge is -2.31. The molecule has 0 atom stereocenters. The van der Waals surface area contributed by atoms with Gasteiger partial charge in [-0.3, -0.25) is 4.79 Å². The van der Waals surface area contributed by atoms with Gasteiger partial charge in [0.1, 0.15) is 29.8 Å². The van der Waals surface area contributed by atoms with E-state index in [1.54, 1.807) is 4.90 Å². The molecule has 1 saturated heterocycles. The highest BCUT2D eigenvalue weighted by Crippen LogP contribution is 2.24. The Bertz CT molecular complexity index is 1310. The van der Waals surface area contributed by atoms with Crippen molar-refractivity contribution in [2.45, 2.75) is 23.8 Å². The number of anilines is 2. The number of carbonyl (C=O) groups is 1. The molecule has 178 valence electrons. The molecule has 0 saturated carbocycles. The maximum Gasteiger partial charge on any atom is 0.272 e. The van der Waals surface area contributed by atoms with Crippen LogP contribution in [0.2, 0.25) is 0 Å². The average Bonchev–Trinajstić information content (AvgIpc) is 2.80. The molecule has 3 heterocycles. The number of halogens is 2. The molecular weight excluding hydrogens is 468 g/mol. The molecule has 34 heavy (non-hydrogen) atoms. The molecule has 9 nitrogen and oxygen atoms in total. The number of aromatic nitrogens is 3. The molecule has 0 aliphatic carbocycles. The standard InChI is InChI=1S/C22H21F2N5O4S/c1-34(31,32)15-5-6-17(16(23)11-15)28-20-12-21(26-13-25-20)33-14-7-9-29(10-8-14)22(30)18-3-2-4-19(24)27-18/h2-6,11-14H,7-10H2,1H3,(H,25,26,28). The molecule has 1 aromatic carbocycles. The number of sulfone groups is 1. The van der Waals surface area contributed by atoms with Gasteiger partial charge >= 0.3 is 0 Å². The van der Waals surface area contributed by atoms with E-state index >= 15 is 0 Å². The number of piperidine rings is 1. The first kappa shape index (κ1) is 23.5. The van der Waals surface area contributed by atoms with Crippen molar-refractivity contribution >= 4 is 27.2 Å². The minimum absolute atomic E-state index is 0.0508. The fourth-order valence-electron chi connectivity index (χ4n) is 3.47. The molecule has 4 rings (SSSR count). The molecular formula is C22H21F2N5O4S. The summed E-state index contributed by atoms with van der Waals surface area (Å²) in [6, 6.07) is 9.14. The number of hydrogen-bond donors (Lipinski definition) is 1. The van der Waals surface area contributed by atoms with Gasteiger partial charge in [0, 0.05) is 38.3 Å². The smallest absolute Gasteiger partial charge is 0.272 e. The highest BCUT2D eigenvalue weighted by molar-refractivity contribution is 7.90. The fourth-order valence-corrected chi connectivity index (χ4v) is 4.11. The number of pyridine rings is 1. The summed E-state index contributed by atoms with van der Waals surface area (Å²) in [6.45, 7) is 0.825. The third-order valence-electron chi connectivity index (χ3n) is 5.22. The number of carbonyl (C=O) groups excluding carboxylic acids is 1. The molecule has 0 radical (unpaired) electrons. The predicted octanol–water partition coefficient (Wildman–Crippen LogP) is 2.98. The number of amides is 1. The van der Waals surface area contributed by atoms with Crippen LogP contribution >= 0.6 is 0 Å². The van der Waals surface area contributed by atoms with Gasteiger partial charge in [-0.25, -0.2) is 27.8 Å². The summed E-state index contributed by atoms with van der Waals surface area (Å²) in [5.74, 6) is -1.25. The van der Waals surface area contributed by atoms with Crippen LogP contribution in [-0.4, -0.2) is 59.6 Å². The maximum absolute atomic E-state index is 14.3. The van der Waals surface area contributed by atoms with E-state index in [4.69, 9.17) is 4.74 Å². The van der Waals surface area contributed by atoms with Crippen LogP contribution in [-0.2, 0) is 9.84 Å². The predicted molar refractivity (Wildman–Crippen MR) is 119 cm³/mol. The molecule has 1 aliphatic rings. The van der Waals surface area contributed by atoms with Crippen LogP contribution in [0.4, 0.5) is 20.3 Å². The minimum atomic E-state index is -3.52. The average molecular weight is 490 g/mol. The van der Waals surface area contributed by atoms with Crippen LogP contribution in [0.1, 0.15) is 23.3 Å². The van der Waals surface area contributed by atoms with Crippen molar-refractivity contribution in [2.75, 3.05) is 24.7 Å². The van der Waals surface area contributed by atoms with Gasteiger partial charge in [-0.05, 0) is 30.3 Å². The second-order valence-corrected chi connectivity index (χ2v) is 9.75. The highest BCUT2D eigenvalue weighted by atomic mass is 32.2. The second kappa shape index (κ2) is 9.67. The summed E-state index contributed by atoms with van der Waals surface area (Å²) in [5.41, 5.74) is 0.109. The van der Waals surface area contributed by atoms with E-state index in [1.165, 1.54) is 42.7 Å². The van der Waals surface area contributed by atoms with Crippen LogP contribution in [0.15, 0.2) is 53.7 Å². The van der Waals surface area contributed by atoms with E-state index in [-0.39, 0.29) is 40.0 Å². The van der Waals surface area contributed by atoms with Gasteiger partial charge in [0.15, 0.2) is 9.84 Å². The Morgan fingerprint density at radius 3 is 2.56 bits per heavy atom. The number of likely N-dealkylation sites (tertiary alicyclic amines) is 1. The van der Waals surface area contributed by atoms with Gasteiger partial charge in [-0.2, -0.15) is 4.39 Å². The van der Waals surface area contributed by atoms with E-state index in [9.17, 15) is 22.0 Å². The van der Waals surface area contributed by atoms with Gasteiger partial charge in [0.05, 0.1) is 10.6 Å². The van der Waals surface area contributed by atoms with Crippen LogP contribution in [0.5, 0.6) is 5.88 Å². The van der Waals surface area contributed by atoms with Gasteiger partial charge in [0.2, 0.25) is 11.8 Å². The van der Waals surface area contributed by atoms with Gasteiger partial charge in [0.25, 0.3) is 5.91 Å². The largest absolute Gasteiger partial charge is 0.474 e. The van der Waals surface area contributed by atoms with Crippen molar-refractivity contribution in [1.82, 2.24) is 19.9 Å². The lowest BCUT2D eigenvalue weighted by Crippen LogP contribution is -2.42. The number of nitrogens with one attached hydrogen (secondary N) is 1. The summed E-state index contributed by atoms with van der Waals surface area (Å²) in [7, 11) is -3.52. The maximum atomic E-state index is 14.3. The van der Waals surface area contributed by atoms with E-state index < -0.39 is 21.6 Å². The van der Waals surface area contributed by atoms with Crippen molar-refractivity contribution in [2.24, 2.45) is 0 Å². The third-order valence-corrected chi connectivity index (χ3v) is 6.33. The van der Waals surface area contributed by atoms with Crippen LogP contribution in [0, 0.1) is 11.8 Å². The summed E-state index contributed by atoms with van der Waals surface area (Å²) >= 11 is 0. The molecule has 1 aliphatic heterocycles.